The lowest BCUT2D eigenvalue weighted by Gasteiger charge is -2.20. The Morgan fingerprint density at radius 3 is 1.36 bits per heavy atom. The Kier molecular flexibility index (Phi) is 20.5. The normalized spacial score (nSPS) is 11.4. The molecule has 0 bridgehead atoms. The molecule has 0 amide bonds. The predicted octanol–water partition coefficient (Wildman–Crippen LogP) is 18.0. The molecule has 0 N–H and O–H groups in total. The molecule has 0 radical (unpaired) electrons. The monoisotopic (exact) mass is 948 g/mol. The third kappa shape index (κ3) is 18.5. The van der Waals surface area contributed by atoms with Crippen LogP contribution < -0.4 is 0 Å². The smallest absolute Gasteiger partial charge is 0.124 e. The zero-order valence-corrected chi connectivity index (χ0v) is 40.0. The second-order valence-electron chi connectivity index (χ2n) is 16.6. The van der Waals surface area contributed by atoms with Gasteiger partial charge in [0.2, 0.25) is 0 Å². The highest BCUT2D eigenvalue weighted by Crippen LogP contribution is 2.34. The number of halogens is 7. The summed E-state index contributed by atoms with van der Waals surface area (Å²) in [4.78, 5) is 0. The first-order valence-electron chi connectivity index (χ1n) is 17.3. The minimum atomic E-state index is -0.284. The molecule has 0 saturated heterocycles. The van der Waals surface area contributed by atoms with Crippen LogP contribution in [0.25, 0.3) is 0 Å². The van der Waals surface area contributed by atoms with Gasteiger partial charge in [0.15, 0.2) is 0 Å². The zero-order valence-electron chi connectivity index (χ0n) is 33.3. The van der Waals surface area contributed by atoms with Gasteiger partial charge in [0.25, 0.3) is 0 Å². The maximum absolute atomic E-state index is 12.7. The molecule has 0 unspecified atom stereocenters. The van der Waals surface area contributed by atoms with E-state index in [1.54, 1.807) is 23.5 Å². The van der Waals surface area contributed by atoms with Crippen molar-refractivity contribution in [2.24, 2.45) is 0 Å². The van der Waals surface area contributed by atoms with Gasteiger partial charge in [0, 0.05) is 13.6 Å². The van der Waals surface area contributed by atoms with Crippen molar-refractivity contribution >= 4 is 91.9 Å². The summed E-state index contributed by atoms with van der Waals surface area (Å²) in [6.07, 6.45) is 0. The molecule has 0 nitrogen and oxygen atoms in total. The topological polar surface area (TPSA) is 0 Å². The van der Waals surface area contributed by atoms with Crippen LogP contribution >= 0.6 is 91.9 Å². The average Bonchev–Trinajstić information content (AvgIpc) is 3.39. The summed E-state index contributed by atoms with van der Waals surface area (Å²) in [5.74, 6) is -0.284. The number of benzene rings is 4. The molecule has 0 aliphatic rings. The maximum Gasteiger partial charge on any atom is 0.124 e. The Morgan fingerprint density at radius 2 is 1.00 bits per heavy atom. The number of hydrogen-bond acceptors (Lipinski definition) is 1. The molecule has 290 valence electrons. The quantitative estimate of drug-likeness (QED) is 0.136. The summed E-state index contributed by atoms with van der Waals surface area (Å²) in [6, 6.07) is 28.9. The fourth-order valence-electron chi connectivity index (χ4n) is 4.56. The van der Waals surface area contributed by atoms with E-state index in [9.17, 15) is 4.39 Å². The van der Waals surface area contributed by atoms with Crippen LogP contribution in [0.15, 0.2) is 96.4 Å². The van der Waals surface area contributed by atoms with E-state index in [0.29, 0.717) is 15.1 Å². The van der Waals surface area contributed by atoms with Gasteiger partial charge in [-0.1, -0.05) is 190 Å². The minimum Gasteiger partial charge on any atom is -0.207 e. The summed E-state index contributed by atoms with van der Waals surface area (Å²) in [6.45, 7) is 27.7. The number of hydrogen-bond donors (Lipinski definition) is 0. The van der Waals surface area contributed by atoms with E-state index in [1.807, 2.05) is 69.5 Å². The van der Waals surface area contributed by atoms with Crippen LogP contribution in [0.5, 0.6) is 0 Å². The summed E-state index contributed by atoms with van der Waals surface area (Å²) in [7, 11) is 0. The lowest BCUT2D eigenvalue weighted by Crippen LogP contribution is -2.11. The first-order chi connectivity index (χ1) is 24.2. The van der Waals surface area contributed by atoms with Gasteiger partial charge in [-0.15, -0.1) is 11.3 Å². The van der Waals surface area contributed by atoms with Gasteiger partial charge in [0.1, 0.15) is 5.82 Å². The fraction of sp³-hybridized carbons (Fsp3) is 0.378. The fourth-order valence-corrected chi connectivity index (χ4v) is 7.42. The van der Waals surface area contributed by atoms with Gasteiger partial charge in [-0.25, -0.2) is 4.39 Å². The third-order valence-corrected chi connectivity index (χ3v) is 11.2. The summed E-state index contributed by atoms with van der Waals surface area (Å²) < 4.78 is 14.9. The molecule has 5 aromatic rings. The first kappa shape index (κ1) is 49.7. The summed E-state index contributed by atoms with van der Waals surface area (Å²) >= 11 is 33.4. The summed E-state index contributed by atoms with van der Waals surface area (Å²) in [5, 5.41) is 4.65. The van der Waals surface area contributed by atoms with E-state index in [1.165, 1.54) is 32.4 Å². The molecule has 1 aromatic heterocycles. The van der Waals surface area contributed by atoms with E-state index >= 15 is 0 Å². The molecule has 0 spiro atoms. The van der Waals surface area contributed by atoms with Gasteiger partial charge < -0.3 is 0 Å². The lowest BCUT2D eigenvalue weighted by atomic mass is 9.87. The van der Waals surface area contributed by atoms with Gasteiger partial charge in [-0.05, 0) is 127 Å². The van der Waals surface area contributed by atoms with Crippen LogP contribution in [-0.4, -0.2) is 0 Å². The van der Waals surface area contributed by atoms with Crippen molar-refractivity contribution in [1.29, 1.82) is 0 Å². The number of aryl methyl sites for hydroxylation is 1. The van der Waals surface area contributed by atoms with Crippen molar-refractivity contribution in [3.63, 3.8) is 0 Å². The van der Waals surface area contributed by atoms with E-state index < -0.39 is 0 Å². The highest BCUT2D eigenvalue weighted by molar-refractivity contribution is 14.1. The summed E-state index contributed by atoms with van der Waals surface area (Å²) in [5.41, 5.74) is 6.33. The van der Waals surface area contributed by atoms with Crippen molar-refractivity contribution in [2.75, 3.05) is 0 Å². The molecule has 1 heterocycles. The van der Waals surface area contributed by atoms with E-state index in [4.69, 9.17) is 58.0 Å². The standard InChI is InChI=1S/C10H12Cl2.C10H12ClF.C10H13Cl.C10H13I.C5H5ClS/c1-10(2,3)7-5-4-6-8(11)9(7)12;1-10(2,3)8-5-4-7(12)6-9(8)11;1-10(2,3)8-6-4-5-7-9(8)11;1-10(2,3)8-5-4-6-9(11)7-8;1-4-2-3-7-5(4)6/h2*4-6H,1-3H3;2*4-7H,1-3H3;2-3H,1H3. The molecule has 8 heteroatoms. The lowest BCUT2D eigenvalue weighted by molar-refractivity contribution is 0.583. The molecule has 0 saturated carbocycles. The van der Waals surface area contributed by atoms with Crippen molar-refractivity contribution < 1.29 is 4.39 Å². The number of thiophene rings is 1. The number of rotatable bonds is 0. The first-order valence-corrected chi connectivity index (χ1v) is 21.1. The Bertz CT molecular complexity index is 1840. The van der Waals surface area contributed by atoms with E-state index in [-0.39, 0.29) is 27.5 Å². The second kappa shape index (κ2) is 21.8. The third-order valence-electron chi connectivity index (χ3n) is 7.67. The van der Waals surface area contributed by atoms with Crippen molar-refractivity contribution in [3.05, 3.63) is 158 Å². The Labute approximate surface area is 362 Å². The second-order valence-corrected chi connectivity index (χ2v) is 21.0. The highest BCUT2D eigenvalue weighted by Gasteiger charge is 2.19. The van der Waals surface area contributed by atoms with E-state index in [0.717, 1.165) is 20.5 Å². The molecule has 0 aliphatic heterocycles. The maximum atomic E-state index is 12.7. The average molecular weight is 951 g/mol. The molecule has 5 rings (SSSR count). The predicted molar refractivity (Wildman–Crippen MR) is 247 cm³/mol. The van der Waals surface area contributed by atoms with Crippen molar-refractivity contribution in [1.82, 2.24) is 0 Å². The van der Waals surface area contributed by atoms with Crippen LogP contribution in [0.1, 0.15) is 111 Å². The Hall–Kier alpha value is -1.31. The molecule has 4 aromatic carbocycles. The Balaban J connectivity index is 0.000000334. The van der Waals surface area contributed by atoms with Crippen LogP contribution in [0.3, 0.4) is 0 Å². The van der Waals surface area contributed by atoms with Crippen LogP contribution in [0.2, 0.25) is 24.4 Å². The van der Waals surface area contributed by atoms with Gasteiger partial charge in [0.05, 0.1) is 14.4 Å². The van der Waals surface area contributed by atoms with Crippen molar-refractivity contribution in [3.8, 4) is 0 Å². The Morgan fingerprint density at radius 1 is 0.509 bits per heavy atom. The van der Waals surface area contributed by atoms with Gasteiger partial charge >= 0.3 is 0 Å². The largest absolute Gasteiger partial charge is 0.207 e. The van der Waals surface area contributed by atoms with Crippen LogP contribution in [0.4, 0.5) is 4.39 Å². The molecule has 0 fully saturated rings. The molecule has 53 heavy (non-hydrogen) atoms. The van der Waals surface area contributed by atoms with Gasteiger partial charge in [-0.2, -0.15) is 0 Å². The minimum absolute atomic E-state index is 0.0230. The molecular weight excluding hydrogens is 896 g/mol. The zero-order chi connectivity index (χ0) is 40.9. The SMILES string of the molecule is CC(C)(C)c1ccc(F)cc1Cl.CC(C)(C)c1cccc(Cl)c1Cl.CC(C)(C)c1cccc(I)c1.CC(C)(C)c1ccccc1Cl.Cc1ccsc1Cl. The highest BCUT2D eigenvalue weighted by atomic mass is 127. The van der Waals surface area contributed by atoms with Crippen LogP contribution in [-0.2, 0) is 21.7 Å². The molecular formula is C45H55Cl5FIS. The molecule has 0 aliphatic carbocycles. The van der Waals surface area contributed by atoms with E-state index in [2.05, 4.69) is 115 Å². The van der Waals surface area contributed by atoms with Crippen LogP contribution in [0, 0.1) is 16.3 Å². The van der Waals surface area contributed by atoms with Gasteiger partial charge in [-0.3, -0.25) is 0 Å². The molecule has 0 atom stereocenters. The van der Waals surface area contributed by atoms with Crippen molar-refractivity contribution in [2.45, 2.75) is 112 Å².